The minimum absolute atomic E-state index is 0.321. The molecular weight excluding hydrogens is 257 g/mol. The van der Waals surface area contributed by atoms with E-state index in [1.54, 1.807) is 0 Å². The van der Waals surface area contributed by atoms with Crippen molar-refractivity contribution in [2.75, 3.05) is 10.7 Å². The molecule has 3 atom stereocenters. The molecule has 18 heavy (non-hydrogen) atoms. The molecule has 0 spiro atoms. The van der Waals surface area contributed by atoms with Crippen molar-refractivity contribution in [2.24, 2.45) is 5.92 Å². The van der Waals surface area contributed by atoms with Gasteiger partial charge < -0.3 is 5.11 Å². The molecule has 6 heteroatoms. The zero-order chi connectivity index (χ0) is 12.9. The summed E-state index contributed by atoms with van der Waals surface area (Å²) in [7, 11) is 0. The van der Waals surface area contributed by atoms with Crippen LogP contribution in [-0.4, -0.2) is 34.0 Å². The highest BCUT2D eigenvalue weighted by Gasteiger charge is 2.55. The maximum absolute atomic E-state index is 12.8. The lowest BCUT2D eigenvalue weighted by molar-refractivity contribution is -0.123. The number of anilines is 1. The van der Waals surface area contributed by atoms with Crippen molar-refractivity contribution >= 4 is 29.3 Å². The molecule has 2 fully saturated rings. The molecule has 0 saturated carbocycles. The molecule has 2 heterocycles. The molecule has 3 rings (SSSR count). The number of aliphatic hydroxyl groups excluding tert-OH is 1. The zero-order valence-electron chi connectivity index (χ0n) is 9.25. The number of amides is 2. The van der Waals surface area contributed by atoms with Crippen LogP contribution in [0.3, 0.4) is 0 Å². The summed E-state index contributed by atoms with van der Waals surface area (Å²) >= 11 is 1.30. The van der Waals surface area contributed by atoms with Crippen LogP contribution in [0.4, 0.5) is 10.1 Å². The lowest BCUT2D eigenvalue weighted by atomic mass is 10.0. The highest BCUT2D eigenvalue weighted by atomic mass is 32.2. The summed E-state index contributed by atoms with van der Waals surface area (Å²) in [5.74, 6) is -1.39. The van der Waals surface area contributed by atoms with E-state index in [1.165, 1.54) is 36.0 Å². The first kappa shape index (κ1) is 11.7. The van der Waals surface area contributed by atoms with Crippen LogP contribution in [0.5, 0.6) is 0 Å². The minimum Gasteiger partial charge on any atom is -0.391 e. The van der Waals surface area contributed by atoms with Gasteiger partial charge in [-0.05, 0) is 24.3 Å². The van der Waals surface area contributed by atoms with Crippen molar-refractivity contribution in [1.82, 2.24) is 0 Å². The van der Waals surface area contributed by atoms with E-state index in [0.717, 1.165) is 4.90 Å². The van der Waals surface area contributed by atoms with E-state index >= 15 is 0 Å². The van der Waals surface area contributed by atoms with Gasteiger partial charge in [0.1, 0.15) is 5.82 Å². The van der Waals surface area contributed by atoms with E-state index in [9.17, 15) is 19.1 Å². The minimum atomic E-state index is -0.776. The van der Waals surface area contributed by atoms with Gasteiger partial charge in [0.2, 0.25) is 11.8 Å². The second-order valence-corrected chi connectivity index (χ2v) is 5.51. The summed E-state index contributed by atoms with van der Waals surface area (Å²) in [6.45, 7) is 0. The van der Waals surface area contributed by atoms with Crippen molar-refractivity contribution in [2.45, 2.75) is 11.4 Å². The fraction of sp³-hybridized carbons (Fsp3) is 0.333. The van der Waals surface area contributed by atoms with Crippen LogP contribution in [0.1, 0.15) is 0 Å². The Bertz CT molecular complexity index is 519. The Morgan fingerprint density at radius 3 is 2.50 bits per heavy atom. The SMILES string of the molecule is O=C1[C@@H]2[C@H](O)CS[C@@H]2C(=O)N1c1ccc(F)cc1. The molecule has 0 aliphatic carbocycles. The predicted molar refractivity (Wildman–Crippen MR) is 64.6 cm³/mol. The first-order valence-electron chi connectivity index (χ1n) is 5.52. The Morgan fingerprint density at radius 2 is 1.89 bits per heavy atom. The number of carbonyl (C=O) groups excluding carboxylic acids is 2. The van der Waals surface area contributed by atoms with Gasteiger partial charge in [-0.25, -0.2) is 9.29 Å². The van der Waals surface area contributed by atoms with Gasteiger partial charge in [-0.1, -0.05) is 0 Å². The molecule has 0 aromatic heterocycles. The normalized spacial score (nSPS) is 31.0. The van der Waals surface area contributed by atoms with E-state index in [0.29, 0.717) is 11.4 Å². The van der Waals surface area contributed by atoms with Gasteiger partial charge in [0.05, 0.1) is 23.0 Å². The van der Waals surface area contributed by atoms with Crippen molar-refractivity contribution in [3.8, 4) is 0 Å². The molecule has 94 valence electrons. The second-order valence-electron chi connectivity index (χ2n) is 4.34. The Labute approximate surface area is 107 Å². The largest absolute Gasteiger partial charge is 0.391 e. The molecule has 2 aliphatic heterocycles. The first-order chi connectivity index (χ1) is 8.59. The third-order valence-electron chi connectivity index (χ3n) is 3.24. The lowest BCUT2D eigenvalue weighted by Crippen LogP contribution is -2.34. The van der Waals surface area contributed by atoms with Crippen molar-refractivity contribution in [3.63, 3.8) is 0 Å². The predicted octanol–water partition coefficient (Wildman–Crippen LogP) is 0.791. The third kappa shape index (κ3) is 1.56. The Balaban J connectivity index is 1.97. The number of hydrogen-bond acceptors (Lipinski definition) is 4. The molecule has 1 aromatic carbocycles. The number of thioether (sulfide) groups is 1. The molecule has 4 nitrogen and oxygen atoms in total. The van der Waals surface area contributed by atoms with E-state index in [2.05, 4.69) is 0 Å². The van der Waals surface area contributed by atoms with Gasteiger partial charge in [-0.3, -0.25) is 9.59 Å². The molecule has 0 unspecified atom stereocenters. The summed E-state index contributed by atoms with van der Waals surface area (Å²) in [6.07, 6.45) is -0.776. The fourth-order valence-corrected chi connectivity index (χ4v) is 3.72. The van der Waals surface area contributed by atoms with Crippen molar-refractivity contribution in [1.29, 1.82) is 0 Å². The van der Waals surface area contributed by atoms with Gasteiger partial charge >= 0.3 is 0 Å². The highest BCUT2D eigenvalue weighted by Crippen LogP contribution is 2.41. The molecule has 2 aliphatic rings. The number of hydrogen-bond donors (Lipinski definition) is 1. The lowest BCUT2D eigenvalue weighted by Gasteiger charge is -2.16. The Hall–Kier alpha value is -1.40. The van der Waals surface area contributed by atoms with Crippen LogP contribution in [0.15, 0.2) is 24.3 Å². The fourth-order valence-electron chi connectivity index (χ4n) is 2.36. The Kier molecular flexibility index (Phi) is 2.64. The maximum Gasteiger partial charge on any atom is 0.247 e. The van der Waals surface area contributed by atoms with Gasteiger partial charge in [0.15, 0.2) is 0 Å². The van der Waals surface area contributed by atoms with Crippen LogP contribution in [-0.2, 0) is 9.59 Å². The quantitative estimate of drug-likeness (QED) is 0.764. The van der Waals surface area contributed by atoms with Crippen molar-refractivity contribution in [3.05, 3.63) is 30.1 Å². The maximum atomic E-state index is 12.8. The van der Waals surface area contributed by atoms with Crippen LogP contribution < -0.4 is 4.90 Å². The van der Waals surface area contributed by atoms with E-state index in [-0.39, 0.29) is 5.91 Å². The van der Waals surface area contributed by atoms with Crippen LogP contribution >= 0.6 is 11.8 Å². The molecule has 1 aromatic rings. The summed E-state index contributed by atoms with van der Waals surface area (Å²) in [5, 5.41) is 9.21. The Morgan fingerprint density at radius 1 is 1.22 bits per heavy atom. The number of benzene rings is 1. The highest BCUT2D eigenvalue weighted by molar-refractivity contribution is 8.01. The van der Waals surface area contributed by atoms with Crippen molar-refractivity contribution < 1.29 is 19.1 Å². The molecule has 0 bridgehead atoms. The van der Waals surface area contributed by atoms with Crippen LogP contribution in [0, 0.1) is 11.7 Å². The number of fused-ring (bicyclic) bond motifs is 1. The average molecular weight is 267 g/mol. The molecule has 2 saturated heterocycles. The topological polar surface area (TPSA) is 57.6 Å². The molecule has 1 N–H and O–H groups in total. The van der Waals surface area contributed by atoms with Gasteiger partial charge in [0.25, 0.3) is 0 Å². The summed E-state index contributed by atoms with van der Waals surface area (Å²) in [6, 6.07) is 5.19. The smallest absolute Gasteiger partial charge is 0.247 e. The number of halogens is 1. The molecular formula is C12H10FNO3S. The monoisotopic (exact) mass is 267 g/mol. The van der Waals surface area contributed by atoms with Gasteiger partial charge in [-0.2, -0.15) is 0 Å². The van der Waals surface area contributed by atoms with Crippen LogP contribution in [0.2, 0.25) is 0 Å². The molecule has 0 radical (unpaired) electrons. The summed E-state index contributed by atoms with van der Waals surface area (Å²) in [5.41, 5.74) is 0.355. The zero-order valence-corrected chi connectivity index (χ0v) is 10.1. The first-order valence-corrected chi connectivity index (χ1v) is 6.57. The summed E-state index contributed by atoms with van der Waals surface area (Å²) in [4.78, 5) is 25.3. The second kappa shape index (κ2) is 4.07. The van der Waals surface area contributed by atoms with E-state index in [1.807, 2.05) is 0 Å². The summed E-state index contributed by atoms with van der Waals surface area (Å²) < 4.78 is 12.8. The average Bonchev–Trinajstić information content (AvgIpc) is 2.83. The standard InChI is InChI=1S/C12H10FNO3S/c13-6-1-3-7(4-2-6)14-11(16)9-8(15)5-18-10(9)12(14)17/h1-4,8-10,15H,5H2/t8-,9-,10+/m1/s1. The van der Waals surface area contributed by atoms with Gasteiger partial charge in [0, 0.05) is 5.75 Å². The number of carbonyl (C=O) groups is 2. The van der Waals surface area contributed by atoms with Crippen LogP contribution in [0.25, 0.3) is 0 Å². The third-order valence-corrected chi connectivity index (χ3v) is 4.63. The number of nitrogens with zero attached hydrogens (tertiary/aromatic N) is 1. The van der Waals surface area contributed by atoms with E-state index in [4.69, 9.17) is 0 Å². The molecule has 2 amide bonds. The number of rotatable bonds is 1. The number of aliphatic hydroxyl groups is 1. The van der Waals surface area contributed by atoms with E-state index < -0.39 is 29.0 Å². The number of imide groups is 1. The van der Waals surface area contributed by atoms with Gasteiger partial charge in [-0.15, -0.1) is 11.8 Å².